The zero-order valence-corrected chi connectivity index (χ0v) is 13.6. The number of hydrogen-bond donors (Lipinski definition) is 4. The van der Waals surface area contributed by atoms with Gasteiger partial charge in [-0.2, -0.15) is 0 Å². The van der Waals surface area contributed by atoms with Crippen LogP contribution in [0.3, 0.4) is 0 Å². The van der Waals surface area contributed by atoms with Crippen molar-refractivity contribution >= 4 is 12.2 Å². The minimum Gasteiger partial charge on any atom is -0.465 e. The molecule has 4 N–H and O–H groups in total. The molecule has 0 aliphatic rings. The smallest absolute Gasteiger partial charge is 0.404 e. The third-order valence-corrected chi connectivity index (χ3v) is 1.61. The summed E-state index contributed by atoms with van der Waals surface area (Å²) < 4.78 is 0. The van der Waals surface area contributed by atoms with Crippen LogP contribution in [0.25, 0.3) is 0 Å². The van der Waals surface area contributed by atoms with Gasteiger partial charge in [-0.1, -0.05) is 26.7 Å². The molecule has 0 heterocycles. The first-order valence-corrected chi connectivity index (χ1v) is 5.48. The van der Waals surface area contributed by atoms with Crippen molar-refractivity contribution in [2.45, 2.75) is 39.5 Å². The van der Waals surface area contributed by atoms with E-state index in [1.807, 2.05) is 13.8 Å². The zero-order valence-electron chi connectivity index (χ0n) is 10.7. The predicted molar refractivity (Wildman–Crippen MR) is 61.9 cm³/mol. The molecule has 0 bridgehead atoms. The number of carboxylic acid groups (broad SMARTS) is 2. The third-order valence-electron chi connectivity index (χ3n) is 1.61. The average molecular weight is 300 g/mol. The number of nitrogens with one attached hydrogen (secondary N) is 2. The maximum atomic E-state index is 9.76. The summed E-state index contributed by atoms with van der Waals surface area (Å²) in [6.07, 6.45) is 2.04. The Kier molecular flexibility index (Phi) is 22.1. The molecule has 98 valence electrons. The van der Waals surface area contributed by atoms with E-state index in [2.05, 4.69) is 10.6 Å². The van der Waals surface area contributed by atoms with E-state index in [1.165, 1.54) is 0 Å². The van der Waals surface area contributed by atoms with Crippen LogP contribution >= 0.6 is 0 Å². The van der Waals surface area contributed by atoms with Crippen molar-refractivity contribution in [3.8, 4) is 0 Å². The molecule has 2 amide bonds. The first-order valence-electron chi connectivity index (χ1n) is 5.48. The minimum absolute atomic E-state index is 0. The molecular weight excluding hydrogens is 278 g/mol. The summed E-state index contributed by atoms with van der Waals surface area (Å²) >= 11 is 0. The van der Waals surface area contributed by atoms with Gasteiger partial charge in [0.1, 0.15) is 0 Å². The van der Waals surface area contributed by atoms with Crippen LogP contribution in [-0.2, 0) is 19.5 Å². The van der Waals surface area contributed by atoms with Crippen molar-refractivity contribution in [3.63, 3.8) is 0 Å². The zero-order chi connectivity index (χ0) is 12.8. The Labute approximate surface area is 115 Å². The van der Waals surface area contributed by atoms with Crippen molar-refractivity contribution in [1.29, 1.82) is 0 Å². The van der Waals surface area contributed by atoms with E-state index >= 15 is 0 Å². The molecule has 0 aromatic heterocycles. The average Bonchev–Trinajstić information content (AvgIpc) is 2.18. The van der Waals surface area contributed by atoms with Crippen molar-refractivity contribution in [2.24, 2.45) is 0 Å². The van der Waals surface area contributed by atoms with Gasteiger partial charge in [0.25, 0.3) is 0 Å². The molecule has 7 heteroatoms. The first-order chi connectivity index (χ1) is 7.54. The van der Waals surface area contributed by atoms with Gasteiger partial charge in [-0.05, 0) is 12.8 Å². The summed E-state index contributed by atoms with van der Waals surface area (Å²) in [5.41, 5.74) is 0. The van der Waals surface area contributed by atoms with E-state index in [0.29, 0.717) is 13.1 Å². The van der Waals surface area contributed by atoms with Crippen LogP contribution in [0.15, 0.2) is 0 Å². The molecule has 0 radical (unpaired) electrons. The molecule has 0 saturated carbocycles. The maximum Gasteiger partial charge on any atom is 0.404 e. The molecule has 0 aliphatic heterocycles. The van der Waals surface area contributed by atoms with Gasteiger partial charge in [0, 0.05) is 32.6 Å². The largest absolute Gasteiger partial charge is 0.465 e. The molecule has 0 aromatic rings. The van der Waals surface area contributed by atoms with Crippen LogP contribution in [-0.4, -0.2) is 35.5 Å². The summed E-state index contributed by atoms with van der Waals surface area (Å²) in [6.45, 7) is 5.19. The fourth-order valence-electron chi connectivity index (χ4n) is 0.744. The summed E-state index contributed by atoms with van der Waals surface area (Å²) in [5.74, 6) is 0. The normalized spacial score (nSPS) is 8.12. The van der Waals surface area contributed by atoms with Crippen LogP contribution in [0.4, 0.5) is 9.59 Å². The fourth-order valence-corrected chi connectivity index (χ4v) is 0.744. The predicted octanol–water partition coefficient (Wildman–Crippen LogP) is 2.11. The van der Waals surface area contributed by atoms with E-state index in [0.717, 1.165) is 25.7 Å². The summed E-state index contributed by atoms with van der Waals surface area (Å²) in [6, 6.07) is 0. The van der Waals surface area contributed by atoms with E-state index in [-0.39, 0.29) is 19.5 Å². The Morgan fingerprint density at radius 3 is 1.35 bits per heavy atom. The van der Waals surface area contributed by atoms with E-state index in [4.69, 9.17) is 10.2 Å². The van der Waals surface area contributed by atoms with E-state index in [9.17, 15) is 9.59 Å². The Bertz CT molecular complexity index is 171. The monoisotopic (exact) mass is 298 g/mol. The Hall–Kier alpha value is -0.837. The summed E-state index contributed by atoms with van der Waals surface area (Å²) in [7, 11) is 0. The Morgan fingerprint density at radius 1 is 0.882 bits per heavy atom. The van der Waals surface area contributed by atoms with Gasteiger partial charge in [0.2, 0.25) is 0 Å². The van der Waals surface area contributed by atoms with Crippen molar-refractivity contribution < 1.29 is 39.3 Å². The number of amides is 2. The number of carbonyl (C=O) groups is 2. The number of hydrogen-bond acceptors (Lipinski definition) is 2. The molecule has 0 unspecified atom stereocenters. The fraction of sp³-hybridized carbons (Fsp3) is 0.800. The van der Waals surface area contributed by atoms with Gasteiger partial charge in [0.15, 0.2) is 0 Å². The van der Waals surface area contributed by atoms with Crippen LogP contribution in [0.2, 0.25) is 0 Å². The van der Waals surface area contributed by atoms with Gasteiger partial charge in [-0.15, -0.1) is 0 Å². The number of rotatable bonds is 6. The molecule has 0 fully saturated rings. The molecule has 0 atom stereocenters. The van der Waals surface area contributed by atoms with E-state index in [1.54, 1.807) is 0 Å². The quantitative estimate of drug-likeness (QED) is 0.446. The van der Waals surface area contributed by atoms with Gasteiger partial charge in [-0.25, -0.2) is 9.59 Å². The van der Waals surface area contributed by atoms with Gasteiger partial charge in [-0.3, -0.25) is 0 Å². The van der Waals surface area contributed by atoms with Crippen LogP contribution in [0.1, 0.15) is 39.5 Å². The molecule has 0 aliphatic carbocycles. The molecule has 0 aromatic carbocycles. The first kappa shape index (κ1) is 21.4. The molecule has 0 spiro atoms. The molecule has 6 nitrogen and oxygen atoms in total. The van der Waals surface area contributed by atoms with Gasteiger partial charge < -0.3 is 20.8 Å². The Balaban J connectivity index is -0.000000218. The van der Waals surface area contributed by atoms with Crippen molar-refractivity contribution in [1.82, 2.24) is 10.6 Å². The second-order valence-electron chi connectivity index (χ2n) is 3.17. The minimum atomic E-state index is -0.932. The Morgan fingerprint density at radius 2 is 1.18 bits per heavy atom. The third kappa shape index (κ3) is 31.3. The maximum absolute atomic E-state index is 9.76. The summed E-state index contributed by atoms with van der Waals surface area (Å²) in [4.78, 5) is 19.5. The van der Waals surface area contributed by atoms with Crippen LogP contribution in [0.5, 0.6) is 0 Å². The number of unbranched alkanes of at least 4 members (excludes halogenated alkanes) is 2. The SMILES string of the molecule is CCCCNC(=O)O.CCCCNC(=O)O.[Zn]. The molecule has 0 rings (SSSR count). The standard InChI is InChI=1S/2C5H11NO2.Zn/c2*1-2-3-4-6-5(7)8;/h2*6H,2-4H2,1H3,(H,7,8);. The van der Waals surface area contributed by atoms with Gasteiger partial charge in [0.05, 0.1) is 0 Å². The van der Waals surface area contributed by atoms with E-state index < -0.39 is 12.2 Å². The second-order valence-corrected chi connectivity index (χ2v) is 3.17. The molecular formula is C10H22N2O4Zn. The van der Waals surface area contributed by atoms with Gasteiger partial charge >= 0.3 is 12.2 Å². The second kappa shape index (κ2) is 17.6. The van der Waals surface area contributed by atoms with Crippen LogP contribution < -0.4 is 10.6 Å². The molecule has 17 heavy (non-hydrogen) atoms. The summed E-state index contributed by atoms with van der Waals surface area (Å²) in [5, 5.41) is 20.6. The van der Waals surface area contributed by atoms with Crippen LogP contribution in [0, 0.1) is 0 Å². The van der Waals surface area contributed by atoms with Crippen molar-refractivity contribution in [2.75, 3.05) is 13.1 Å². The van der Waals surface area contributed by atoms with Crippen molar-refractivity contribution in [3.05, 3.63) is 0 Å². The molecule has 0 saturated heterocycles. The topological polar surface area (TPSA) is 98.7 Å².